The van der Waals surface area contributed by atoms with E-state index in [1.165, 1.54) is 25.1 Å². The normalized spacial score (nSPS) is 15.5. The molecule has 2 aromatic rings. The lowest BCUT2D eigenvalue weighted by Crippen LogP contribution is -2.35. The lowest BCUT2D eigenvalue weighted by Gasteiger charge is -2.18. The molecule has 0 bridgehead atoms. The highest BCUT2D eigenvalue weighted by Crippen LogP contribution is 2.35. The highest BCUT2D eigenvalue weighted by atomic mass is 16.5. The maximum Gasteiger partial charge on any atom is 0.344 e. The molecule has 1 aliphatic rings. The molecule has 0 unspecified atom stereocenters. The van der Waals surface area contributed by atoms with Crippen molar-refractivity contribution in [1.29, 1.82) is 0 Å². The van der Waals surface area contributed by atoms with E-state index in [1.807, 2.05) is 6.07 Å². The molecule has 1 saturated heterocycles. The number of anilines is 1. The van der Waals surface area contributed by atoms with Gasteiger partial charge in [0.15, 0.2) is 17.6 Å². The average Bonchev–Trinajstić information content (AvgIpc) is 3.04. The predicted molar refractivity (Wildman–Crippen MR) is 115 cm³/mol. The van der Waals surface area contributed by atoms with Gasteiger partial charge in [-0.3, -0.25) is 15.0 Å². The van der Waals surface area contributed by atoms with Crippen LogP contribution < -0.4 is 19.9 Å². The lowest BCUT2D eigenvalue weighted by atomic mass is 10.0. The molecule has 3 rings (SSSR count). The number of hydrogen-bond acceptors (Lipinski definition) is 5. The van der Waals surface area contributed by atoms with Gasteiger partial charge in [-0.25, -0.2) is 9.80 Å². The predicted octanol–water partition coefficient (Wildman–Crippen LogP) is 2.74. The van der Waals surface area contributed by atoms with Gasteiger partial charge < -0.3 is 14.6 Å². The molecule has 2 N–H and O–H groups in total. The molecule has 1 heterocycles. The Hall–Kier alpha value is -4.07. The van der Waals surface area contributed by atoms with Crippen LogP contribution in [-0.4, -0.2) is 36.1 Å². The van der Waals surface area contributed by atoms with Crippen LogP contribution in [0.15, 0.2) is 60.7 Å². The summed E-state index contributed by atoms with van der Waals surface area (Å²) in [4.78, 5) is 36.5. The zero-order valence-corrected chi connectivity index (χ0v) is 17.1. The van der Waals surface area contributed by atoms with E-state index in [-0.39, 0.29) is 17.1 Å². The number of ether oxygens (including phenoxy) is 2. The summed E-state index contributed by atoms with van der Waals surface area (Å²) in [7, 11) is 1.42. The van der Waals surface area contributed by atoms with Crippen LogP contribution in [0.3, 0.4) is 0 Å². The number of benzene rings is 2. The van der Waals surface area contributed by atoms with Crippen LogP contribution in [0, 0.1) is 0 Å². The van der Waals surface area contributed by atoms with Gasteiger partial charge in [-0.1, -0.05) is 24.3 Å². The summed E-state index contributed by atoms with van der Waals surface area (Å²) < 4.78 is 11.0. The fourth-order valence-electron chi connectivity index (χ4n) is 3.07. The first-order valence-corrected chi connectivity index (χ1v) is 9.49. The van der Waals surface area contributed by atoms with Gasteiger partial charge in [0.1, 0.15) is 5.57 Å². The number of carbonyl (C=O) groups is 3. The highest BCUT2D eigenvalue weighted by Gasteiger charge is 2.34. The van der Waals surface area contributed by atoms with Crippen molar-refractivity contribution in [2.75, 3.05) is 12.1 Å². The molecule has 0 aromatic heterocycles. The van der Waals surface area contributed by atoms with Crippen molar-refractivity contribution in [3.05, 3.63) is 71.8 Å². The Bertz CT molecular complexity index is 1060. The zero-order chi connectivity index (χ0) is 22.5. The van der Waals surface area contributed by atoms with Crippen molar-refractivity contribution in [2.45, 2.75) is 19.4 Å². The monoisotopic (exact) mass is 422 g/mol. The van der Waals surface area contributed by atoms with Crippen LogP contribution in [0.25, 0.3) is 6.08 Å². The number of carbonyl (C=O) groups excluding carboxylic acids is 2. The molecule has 31 heavy (non-hydrogen) atoms. The molecule has 8 nitrogen and oxygen atoms in total. The van der Waals surface area contributed by atoms with Crippen molar-refractivity contribution >= 4 is 29.5 Å². The summed E-state index contributed by atoms with van der Waals surface area (Å²) in [6, 6.07) is 12.0. The Kier molecular flexibility index (Phi) is 6.40. The fraction of sp³-hybridized carbons (Fsp3) is 0.174. The van der Waals surface area contributed by atoms with E-state index in [0.29, 0.717) is 23.2 Å². The number of rotatable bonds is 8. The molecule has 8 heteroatoms. The Morgan fingerprint density at radius 2 is 1.97 bits per heavy atom. The zero-order valence-electron chi connectivity index (χ0n) is 17.1. The molecule has 2 amide bonds. The Labute approximate surface area is 179 Å². The second kappa shape index (κ2) is 9.17. The molecule has 160 valence electrons. The SMILES string of the molecule is C=CCc1cc(/C=C2/C(=O)NN(c3ccccc3)C2=O)cc(OC)c1O[C@H](C)C(=O)O. The van der Waals surface area contributed by atoms with Crippen LogP contribution in [-0.2, 0) is 20.8 Å². The second-order valence-corrected chi connectivity index (χ2v) is 6.78. The number of nitrogens with one attached hydrogen (secondary N) is 1. The Morgan fingerprint density at radius 1 is 1.26 bits per heavy atom. The first-order chi connectivity index (χ1) is 14.8. The summed E-state index contributed by atoms with van der Waals surface area (Å²) in [5.41, 5.74) is 4.19. The van der Waals surface area contributed by atoms with Gasteiger partial charge >= 0.3 is 5.97 Å². The number of para-hydroxylation sites is 1. The Balaban J connectivity index is 2.00. The van der Waals surface area contributed by atoms with Crippen molar-refractivity contribution < 1.29 is 29.0 Å². The van der Waals surface area contributed by atoms with E-state index in [0.717, 1.165) is 0 Å². The van der Waals surface area contributed by atoms with Crippen molar-refractivity contribution in [3.8, 4) is 11.5 Å². The quantitative estimate of drug-likeness (QED) is 0.385. The largest absolute Gasteiger partial charge is 0.493 e. The van der Waals surface area contributed by atoms with E-state index in [9.17, 15) is 14.4 Å². The minimum atomic E-state index is -1.12. The lowest BCUT2D eigenvalue weighted by molar-refractivity contribution is -0.144. The minimum Gasteiger partial charge on any atom is -0.493 e. The summed E-state index contributed by atoms with van der Waals surface area (Å²) in [5.74, 6) is -1.58. The third-order valence-electron chi connectivity index (χ3n) is 4.60. The molecule has 0 spiro atoms. The number of carboxylic acids is 1. The smallest absolute Gasteiger partial charge is 0.344 e. The molecule has 0 radical (unpaired) electrons. The molecule has 1 fully saturated rings. The van der Waals surface area contributed by atoms with Crippen LogP contribution in [0.4, 0.5) is 5.69 Å². The minimum absolute atomic E-state index is 0.0389. The number of carboxylic acid groups (broad SMARTS) is 1. The number of nitrogens with zero attached hydrogens (tertiary/aromatic N) is 1. The van der Waals surface area contributed by atoms with Gasteiger partial charge in [0.25, 0.3) is 11.8 Å². The first kappa shape index (κ1) is 21.6. The number of hydrazine groups is 1. The van der Waals surface area contributed by atoms with E-state index >= 15 is 0 Å². The number of amides is 2. The van der Waals surface area contributed by atoms with Gasteiger partial charge in [0.2, 0.25) is 0 Å². The maximum atomic E-state index is 12.8. The van der Waals surface area contributed by atoms with Crippen LogP contribution in [0.1, 0.15) is 18.1 Å². The van der Waals surface area contributed by atoms with E-state index in [4.69, 9.17) is 14.6 Å². The fourth-order valence-corrected chi connectivity index (χ4v) is 3.07. The van der Waals surface area contributed by atoms with Gasteiger partial charge in [-0.15, -0.1) is 6.58 Å². The molecule has 1 atom stereocenters. The van der Waals surface area contributed by atoms with Crippen molar-refractivity contribution in [1.82, 2.24) is 5.43 Å². The summed E-state index contributed by atoms with van der Waals surface area (Å²) >= 11 is 0. The Morgan fingerprint density at radius 3 is 2.58 bits per heavy atom. The number of aliphatic carboxylic acids is 1. The van der Waals surface area contributed by atoms with Crippen molar-refractivity contribution in [3.63, 3.8) is 0 Å². The third-order valence-corrected chi connectivity index (χ3v) is 4.60. The van der Waals surface area contributed by atoms with E-state index < -0.39 is 23.9 Å². The van der Waals surface area contributed by atoms with Crippen LogP contribution in [0.5, 0.6) is 11.5 Å². The molecule has 0 saturated carbocycles. The molecule has 0 aliphatic carbocycles. The summed E-state index contributed by atoms with van der Waals surface area (Å²) in [6.07, 6.45) is 2.36. The van der Waals surface area contributed by atoms with E-state index in [2.05, 4.69) is 12.0 Å². The van der Waals surface area contributed by atoms with Gasteiger partial charge in [0.05, 0.1) is 12.8 Å². The second-order valence-electron chi connectivity index (χ2n) is 6.78. The number of methoxy groups -OCH3 is 1. The maximum absolute atomic E-state index is 12.8. The number of allylic oxidation sites excluding steroid dienone is 1. The van der Waals surface area contributed by atoms with Crippen molar-refractivity contribution in [2.24, 2.45) is 0 Å². The third kappa shape index (κ3) is 4.58. The molecule has 1 aliphatic heterocycles. The van der Waals surface area contributed by atoms with Crippen LogP contribution >= 0.6 is 0 Å². The summed E-state index contributed by atoms with van der Waals surface area (Å²) in [6.45, 7) is 5.13. The summed E-state index contributed by atoms with van der Waals surface area (Å²) in [5, 5.41) is 10.3. The average molecular weight is 422 g/mol. The topological polar surface area (TPSA) is 105 Å². The number of hydrogen-bond donors (Lipinski definition) is 2. The highest BCUT2D eigenvalue weighted by molar-refractivity contribution is 6.31. The molecular weight excluding hydrogens is 400 g/mol. The van der Waals surface area contributed by atoms with Crippen LogP contribution in [0.2, 0.25) is 0 Å². The molecular formula is C23H22N2O6. The van der Waals surface area contributed by atoms with Gasteiger partial charge in [-0.2, -0.15) is 0 Å². The van der Waals surface area contributed by atoms with Gasteiger partial charge in [0, 0.05) is 5.56 Å². The van der Waals surface area contributed by atoms with Gasteiger partial charge in [-0.05, 0) is 49.2 Å². The standard InChI is InChI=1S/C23H22N2O6/c1-4-8-16-11-15(13-19(30-3)20(16)31-14(2)23(28)29)12-18-21(26)24-25(22(18)27)17-9-6-5-7-10-17/h4-7,9-14H,1,8H2,2-3H3,(H,24,26)(H,28,29)/b18-12-/t14-/m1/s1. The van der Waals surface area contributed by atoms with E-state index in [1.54, 1.807) is 42.5 Å². The first-order valence-electron chi connectivity index (χ1n) is 9.49. The molecule has 2 aromatic carbocycles.